The van der Waals surface area contributed by atoms with E-state index in [9.17, 15) is 13.2 Å². The van der Waals surface area contributed by atoms with Gasteiger partial charge in [-0.1, -0.05) is 0 Å². The molecule has 0 spiro atoms. The summed E-state index contributed by atoms with van der Waals surface area (Å²) in [6, 6.07) is 0. The molecule has 8 heteroatoms. The smallest absolute Gasteiger partial charge is 0.309 e. The molecule has 1 fully saturated rings. The highest BCUT2D eigenvalue weighted by atomic mass is 32.2. The van der Waals surface area contributed by atoms with Crippen molar-refractivity contribution in [3.63, 3.8) is 0 Å². The lowest BCUT2D eigenvalue weighted by atomic mass is 9.99. The summed E-state index contributed by atoms with van der Waals surface area (Å²) in [5.74, 6) is -0.304. The standard InChI is InChI=1S/C13H26N2O5S/c1-10(2)20-12(8-15-21(3,17)18)9-19-13(16)11-4-6-14-7-5-11/h10-12,14-15H,4-9H2,1-3H3. The Morgan fingerprint density at radius 2 is 1.95 bits per heavy atom. The lowest BCUT2D eigenvalue weighted by Gasteiger charge is -2.24. The van der Waals surface area contributed by atoms with Gasteiger partial charge in [-0.25, -0.2) is 13.1 Å². The van der Waals surface area contributed by atoms with Gasteiger partial charge in [-0.2, -0.15) is 0 Å². The van der Waals surface area contributed by atoms with Gasteiger partial charge in [0, 0.05) is 6.54 Å². The van der Waals surface area contributed by atoms with E-state index in [0.29, 0.717) is 0 Å². The van der Waals surface area contributed by atoms with Crippen LogP contribution in [0, 0.1) is 5.92 Å². The van der Waals surface area contributed by atoms with Gasteiger partial charge in [0.1, 0.15) is 12.7 Å². The van der Waals surface area contributed by atoms with E-state index < -0.39 is 16.1 Å². The second-order valence-electron chi connectivity index (χ2n) is 5.58. The highest BCUT2D eigenvalue weighted by Gasteiger charge is 2.24. The Bertz CT molecular complexity index is 418. The largest absolute Gasteiger partial charge is 0.463 e. The van der Waals surface area contributed by atoms with Crippen LogP contribution >= 0.6 is 0 Å². The molecule has 124 valence electrons. The number of carbonyl (C=O) groups is 1. The molecule has 1 rings (SSSR count). The van der Waals surface area contributed by atoms with E-state index in [1.54, 1.807) is 0 Å². The third-order valence-electron chi connectivity index (χ3n) is 3.12. The number of hydrogen-bond donors (Lipinski definition) is 2. The summed E-state index contributed by atoms with van der Waals surface area (Å²) in [5.41, 5.74) is 0. The second kappa shape index (κ2) is 8.67. The second-order valence-corrected chi connectivity index (χ2v) is 7.41. The monoisotopic (exact) mass is 322 g/mol. The van der Waals surface area contributed by atoms with E-state index in [-0.39, 0.29) is 31.1 Å². The Morgan fingerprint density at radius 3 is 2.48 bits per heavy atom. The van der Waals surface area contributed by atoms with E-state index in [1.807, 2.05) is 13.8 Å². The number of esters is 1. The third-order valence-corrected chi connectivity index (χ3v) is 3.81. The van der Waals surface area contributed by atoms with Crippen LogP contribution in [0.4, 0.5) is 0 Å². The number of carbonyl (C=O) groups excluding carboxylic acids is 1. The summed E-state index contributed by atoms with van der Waals surface area (Å²) in [6.07, 6.45) is 2.08. The van der Waals surface area contributed by atoms with Crippen LogP contribution in [0.25, 0.3) is 0 Å². The van der Waals surface area contributed by atoms with Gasteiger partial charge in [0.15, 0.2) is 0 Å². The molecule has 0 amide bonds. The quantitative estimate of drug-likeness (QED) is 0.605. The Balaban J connectivity index is 2.42. The van der Waals surface area contributed by atoms with Crippen molar-refractivity contribution in [1.82, 2.24) is 10.0 Å². The normalized spacial score (nSPS) is 18.7. The van der Waals surface area contributed by atoms with Crippen molar-refractivity contribution >= 4 is 16.0 Å². The van der Waals surface area contributed by atoms with Crippen LogP contribution in [0.15, 0.2) is 0 Å². The maximum atomic E-state index is 11.9. The van der Waals surface area contributed by atoms with Crippen LogP contribution in [0.5, 0.6) is 0 Å². The van der Waals surface area contributed by atoms with E-state index in [0.717, 1.165) is 32.2 Å². The minimum Gasteiger partial charge on any atom is -0.463 e. The maximum absolute atomic E-state index is 11.9. The Morgan fingerprint density at radius 1 is 1.33 bits per heavy atom. The lowest BCUT2D eigenvalue weighted by Crippen LogP contribution is -2.39. The Hall–Kier alpha value is -0.700. The first-order valence-electron chi connectivity index (χ1n) is 7.25. The minimum absolute atomic E-state index is 0.0590. The van der Waals surface area contributed by atoms with Crippen LogP contribution in [0.2, 0.25) is 0 Å². The summed E-state index contributed by atoms with van der Waals surface area (Å²) in [7, 11) is -3.29. The molecule has 1 aliphatic heterocycles. The molecule has 1 atom stereocenters. The van der Waals surface area contributed by atoms with Crippen LogP contribution in [-0.2, 0) is 24.3 Å². The van der Waals surface area contributed by atoms with Gasteiger partial charge in [0.05, 0.1) is 18.3 Å². The summed E-state index contributed by atoms with van der Waals surface area (Å²) in [5, 5.41) is 3.19. The highest BCUT2D eigenvalue weighted by molar-refractivity contribution is 7.88. The molecule has 1 heterocycles. The molecule has 1 saturated heterocycles. The molecule has 0 saturated carbocycles. The summed E-state index contributed by atoms with van der Waals surface area (Å²) >= 11 is 0. The summed E-state index contributed by atoms with van der Waals surface area (Å²) in [4.78, 5) is 11.9. The molecule has 0 aliphatic carbocycles. The van der Waals surface area contributed by atoms with Gasteiger partial charge in [-0.3, -0.25) is 4.79 Å². The number of hydrogen-bond acceptors (Lipinski definition) is 6. The number of nitrogens with one attached hydrogen (secondary N) is 2. The van der Waals surface area contributed by atoms with Gasteiger partial charge < -0.3 is 14.8 Å². The van der Waals surface area contributed by atoms with Crippen molar-refractivity contribution in [2.24, 2.45) is 5.92 Å². The predicted octanol–water partition coefficient (Wildman–Crippen LogP) is -0.128. The highest BCUT2D eigenvalue weighted by Crippen LogP contribution is 2.13. The minimum atomic E-state index is -3.29. The van der Waals surface area contributed by atoms with Gasteiger partial charge in [-0.15, -0.1) is 0 Å². The zero-order chi connectivity index (χ0) is 15.9. The molecule has 1 aliphatic rings. The van der Waals surface area contributed by atoms with E-state index in [1.165, 1.54) is 0 Å². The Kier molecular flexibility index (Phi) is 7.58. The van der Waals surface area contributed by atoms with Crippen molar-refractivity contribution in [2.75, 3.05) is 32.5 Å². The van der Waals surface area contributed by atoms with Crippen LogP contribution in [-0.4, -0.2) is 59.1 Å². The van der Waals surface area contributed by atoms with Crippen LogP contribution < -0.4 is 10.0 Å². The molecule has 21 heavy (non-hydrogen) atoms. The average Bonchev–Trinajstić information content (AvgIpc) is 2.41. The summed E-state index contributed by atoms with van der Waals surface area (Å²) in [6.45, 7) is 5.49. The Labute approximate surface area is 126 Å². The first kappa shape index (κ1) is 18.3. The van der Waals surface area contributed by atoms with Crippen molar-refractivity contribution in [3.8, 4) is 0 Å². The van der Waals surface area contributed by atoms with Gasteiger partial charge in [-0.05, 0) is 39.8 Å². The zero-order valence-electron chi connectivity index (χ0n) is 12.9. The predicted molar refractivity (Wildman–Crippen MR) is 79.4 cm³/mol. The van der Waals surface area contributed by atoms with Crippen molar-refractivity contribution in [3.05, 3.63) is 0 Å². The molecule has 0 aromatic heterocycles. The number of sulfonamides is 1. The van der Waals surface area contributed by atoms with Gasteiger partial charge in [0.2, 0.25) is 10.0 Å². The lowest BCUT2D eigenvalue weighted by molar-refractivity contribution is -0.154. The van der Waals surface area contributed by atoms with E-state index in [4.69, 9.17) is 9.47 Å². The first-order chi connectivity index (χ1) is 9.78. The van der Waals surface area contributed by atoms with Crippen molar-refractivity contribution in [1.29, 1.82) is 0 Å². The molecule has 1 unspecified atom stereocenters. The number of piperidine rings is 1. The fraction of sp³-hybridized carbons (Fsp3) is 0.923. The van der Waals surface area contributed by atoms with Crippen molar-refractivity contribution < 1.29 is 22.7 Å². The SMILES string of the molecule is CC(C)OC(CNS(C)(=O)=O)COC(=O)C1CCNCC1. The zero-order valence-corrected chi connectivity index (χ0v) is 13.7. The van der Waals surface area contributed by atoms with Crippen molar-refractivity contribution in [2.45, 2.75) is 38.9 Å². The van der Waals surface area contributed by atoms with E-state index in [2.05, 4.69) is 10.0 Å². The average molecular weight is 322 g/mol. The molecular weight excluding hydrogens is 296 g/mol. The molecule has 0 aromatic carbocycles. The topological polar surface area (TPSA) is 93.7 Å². The third kappa shape index (κ3) is 8.35. The number of ether oxygens (including phenoxy) is 2. The maximum Gasteiger partial charge on any atom is 0.309 e. The van der Waals surface area contributed by atoms with E-state index >= 15 is 0 Å². The van der Waals surface area contributed by atoms with Gasteiger partial charge in [0.25, 0.3) is 0 Å². The molecular formula is C13H26N2O5S. The molecule has 7 nitrogen and oxygen atoms in total. The first-order valence-corrected chi connectivity index (χ1v) is 9.14. The van der Waals surface area contributed by atoms with Crippen LogP contribution in [0.3, 0.4) is 0 Å². The molecule has 0 aromatic rings. The number of rotatable bonds is 8. The molecule has 2 N–H and O–H groups in total. The molecule has 0 radical (unpaired) electrons. The fourth-order valence-corrected chi connectivity index (χ4v) is 2.61. The fourth-order valence-electron chi connectivity index (χ4n) is 2.13. The summed E-state index contributed by atoms with van der Waals surface area (Å²) < 4.78 is 35.5. The van der Waals surface area contributed by atoms with Crippen LogP contribution in [0.1, 0.15) is 26.7 Å². The molecule has 0 bridgehead atoms. The van der Waals surface area contributed by atoms with Gasteiger partial charge >= 0.3 is 5.97 Å².